The average molecular weight is 242 g/mol. The molecule has 0 unspecified atom stereocenters. The molecule has 0 aliphatic heterocycles. The minimum atomic E-state index is 0.466. The van der Waals surface area contributed by atoms with Gasteiger partial charge in [-0.3, -0.25) is 4.79 Å². The van der Waals surface area contributed by atoms with Crippen molar-refractivity contribution in [3.05, 3.63) is 41.3 Å². The maximum absolute atomic E-state index is 11.2. The van der Waals surface area contributed by atoms with E-state index < -0.39 is 0 Å². The van der Waals surface area contributed by atoms with E-state index in [0.29, 0.717) is 11.6 Å². The summed E-state index contributed by atoms with van der Waals surface area (Å²) in [5.41, 5.74) is 4.84. The molecule has 1 aromatic heterocycles. The Morgan fingerprint density at radius 1 is 1.33 bits per heavy atom. The van der Waals surface area contributed by atoms with E-state index in [1.54, 1.807) is 10.9 Å². The number of rotatable bonds is 3. The van der Waals surface area contributed by atoms with Crippen LogP contribution in [-0.2, 0) is 7.05 Å². The van der Waals surface area contributed by atoms with Crippen molar-refractivity contribution < 1.29 is 4.79 Å². The SMILES string of the molecule is Cc1ccc(C(C)C)cc1-c1ncn(C)c1C=O. The Balaban J connectivity index is 2.62. The zero-order chi connectivity index (χ0) is 13.3. The topological polar surface area (TPSA) is 34.9 Å². The van der Waals surface area contributed by atoms with Crippen LogP contribution in [-0.4, -0.2) is 15.8 Å². The fourth-order valence-corrected chi connectivity index (χ4v) is 2.04. The molecule has 2 aromatic rings. The molecule has 0 spiro atoms. The van der Waals surface area contributed by atoms with Crippen LogP contribution in [0.25, 0.3) is 11.3 Å². The summed E-state index contributed by atoms with van der Waals surface area (Å²) in [4.78, 5) is 15.5. The van der Waals surface area contributed by atoms with Gasteiger partial charge in [-0.2, -0.15) is 0 Å². The van der Waals surface area contributed by atoms with Crippen LogP contribution in [0.5, 0.6) is 0 Å². The summed E-state index contributed by atoms with van der Waals surface area (Å²) in [5, 5.41) is 0. The molecule has 0 radical (unpaired) electrons. The van der Waals surface area contributed by atoms with Crippen LogP contribution in [0, 0.1) is 6.92 Å². The Morgan fingerprint density at radius 2 is 2.06 bits per heavy atom. The molecule has 0 N–H and O–H groups in total. The van der Waals surface area contributed by atoms with Crippen LogP contribution in [0.3, 0.4) is 0 Å². The van der Waals surface area contributed by atoms with Gasteiger partial charge in [0.15, 0.2) is 6.29 Å². The predicted molar refractivity (Wildman–Crippen MR) is 72.9 cm³/mol. The van der Waals surface area contributed by atoms with Gasteiger partial charge in [-0.25, -0.2) is 4.98 Å². The molecule has 1 aromatic carbocycles. The highest BCUT2D eigenvalue weighted by atomic mass is 16.1. The van der Waals surface area contributed by atoms with Gasteiger partial charge < -0.3 is 4.57 Å². The summed E-state index contributed by atoms with van der Waals surface area (Å²) in [5.74, 6) is 0.466. The van der Waals surface area contributed by atoms with Gasteiger partial charge >= 0.3 is 0 Å². The van der Waals surface area contributed by atoms with Crippen molar-refractivity contribution >= 4 is 6.29 Å². The lowest BCUT2D eigenvalue weighted by atomic mass is 9.96. The molecule has 3 nitrogen and oxygen atoms in total. The lowest BCUT2D eigenvalue weighted by molar-refractivity contribution is 0.111. The summed E-state index contributed by atoms with van der Waals surface area (Å²) in [6.07, 6.45) is 2.55. The van der Waals surface area contributed by atoms with E-state index in [0.717, 1.165) is 23.1 Å². The molecule has 2 rings (SSSR count). The average Bonchev–Trinajstić information content (AvgIpc) is 2.70. The van der Waals surface area contributed by atoms with Gasteiger partial charge in [-0.15, -0.1) is 0 Å². The lowest BCUT2D eigenvalue weighted by Crippen LogP contribution is -1.97. The highest BCUT2D eigenvalue weighted by Crippen LogP contribution is 2.28. The zero-order valence-corrected chi connectivity index (χ0v) is 11.3. The number of aryl methyl sites for hydroxylation is 2. The summed E-state index contributed by atoms with van der Waals surface area (Å²) < 4.78 is 1.75. The van der Waals surface area contributed by atoms with Gasteiger partial charge in [-0.05, 0) is 30.0 Å². The number of imidazole rings is 1. The third-order valence-electron chi connectivity index (χ3n) is 3.28. The van der Waals surface area contributed by atoms with Crippen molar-refractivity contribution in [1.82, 2.24) is 9.55 Å². The van der Waals surface area contributed by atoms with Gasteiger partial charge in [0.25, 0.3) is 0 Å². The van der Waals surface area contributed by atoms with E-state index >= 15 is 0 Å². The monoisotopic (exact) mass is 242 g/mol. The van der Waals surface area contributed by atoms with E-state index in [4.69, 9.17) is 0 Å². The molecule has 0 atom stereocenters. The van der Waals surface area contributed by atoms with Crippen molar-refractivity contribution in [2.45, 2.75) is 26.7 Å². The minimum absolute atomic E-state index is 0.466. The lowest BCUT2D eigenvalue weighted by Gasteiger charge is -2.10. The third-order valence-corrected chi connectivity index (χ3v) is 3.28. The second-order valence-electron chi connectivity index (χ2n) is 4.94. The van der Waals surface area contributed by atoms with E-state index in [2.05, 4.69) is 37.0 Å². The first-order valence-corrected chi connectivity index (χ1v) is 6.12. The number of benzene rings is 1. The third kappa shape index (κ3) is 2.08. The smallest absolute Gasteiger partial charge is 0.168 e. The van der Waals surface area contributed by atoms with Crippen molar-refractivity contribution in [2.75, 3.05) is 0 Å². The summed E-state index contributed by atoms with van der Waals surface area (Å²) >= 11 is 0. The summed E-state index contributed by atoms with van der Waals surface area (Å²) in [6.45, 7) is 6.36. The number of aromatic nitrogens is 2. The van der Waals surface area contributed by atoms with E-state index in [-0.39, 0.29) is 0 Å². The first-order valence-electron chi connectivity index (χ1n) is 6.12. The molecular weight excluding hydrogens is 224 g/mol. The first-order chi connectivity index (χ1) is 8.54. The van der Waals surface area contributed by atoms with Crippen LogP contribution < -0.4 is 0 Å². The molecule has 1 heterocycles. The van der Waals surface area contributed by atoms with Crippen LogP contribution in [0.1, 0.15) is 41.4 Å². The summed E-state index contributed by atoms with van der Waals surface area (Å²) in [6, 6.07) is 6.36. The molecule has 0 saturated carbocycles. The maximum Gasteiger partial charge on any atom is 0.168 e. The van der Waals surface area contributed by atoms with E-state index in [9.17, 15) is 4.79 Å². The number of carbonyl (C=O) groups excluding carboxylic acids is 1. The van der Waals surface area contributed by atoms with Gasteiger partial charge in [0.2, 0.25) is 0 Å². The molecule has 0 fully saturated rings. The zero-order valence-electron chi connectivity index (χ0n) is 11.3. The molecule has 0 saturated heterocycles. The number of aldehydes is 1. The van der Waals surface area contributed by atoms with Gasteiger partial charge in [-0.1, -0.05) is 26.0 Å². The second-order valence-corrected chi connectivity index (χ2v) is 4.94. The highest BCUT2D eigenvalue weighted by molar-refractivity contribution is 5.84. The van der Waals surface area contributed by atoms with Crippen molar-refractivity contribution in [1.29, 1.82) is 0 Å². The van der Waals surface area contributed by atoms with Crippen molar-refractivity contribution in [2.24, 2.45) is 7.05 Å². The molecule has 18 heavy (non-hydrogen) atoms. The Kier molecular flexibility index (Phi) is 3.32. The number of nitrogens with zero attached hydrogens (tertiary/aromatic N) is 2. The Labute approximate surface area is 107 Å². The van der Waals surface area contributed by atoms with Gasteiger partial charge in [0.05, 0.1) is 12.0 Å². The fourth-order valence-electron chi connectivity index (χ4n) is 2.04. The maximum atomic E-state index is 11.2. The summed E-state index contributed by atoms with van der Waals surface area (Å²) in [7, 11) is 1.84. The molecule has 0 aliphatic rings. The second kappa shape index (κ2) is 4.77. The minimum Gasteiger partial charge on any atom is -0.331 e. The van der Waals surface area contributed by atoms with Gasteiger partial charge in [0.1, 0.15) is 5.69 Å². The first kappa shape index (κ1) is 12.6. The van der Waals surface area contributed by atoms with E-state index in [1.807, 2.05) is 14.0 Å². The van der Waals surface area contributed by atoms with Crippen LogP contribution in [0.4, 0.5) is 0 Å². The largest absolute Gasteiger partial charge is 0.331 e. The van der Waals surface area contributed by atoms with Crippen LogP contribution >= 0.6 is 0 Å². The molecular formula is C15H18N2O. The Hall–Kier alpha value is -1.90. The Bertz CT molecular complexity index is 582. The van der Waals surface area contributed by atoms with E-state index in [1.165, 1.54) is 5.56 Å². The molecule has 0 bridgehead atoms. The van der Waals surface area contributed by atoms with Crippen molar-refractivity contribution in [3.8, 4) is 11.3 Å². The predicted octanol–water partition coefficient (Wildman–Crippen LogP) is 3.33. The van der Waals surface area contributed by atoms with Gasteiger partial charge in [0, 0.05) is 12.6 Å². The number of hydrogen-bond donors (Lipinski definition) is 0. The standard InChI is InChI=1S/C15H18N2O/c1-10(2)12-6-5-11(3)13(7-12)15-14(8-18)17(4)9-16-15/h5-10H,1-4H3. The highest BCUT2D eigenvalue weighted by Gasteiger charge is 2.13. The van der Waals surface area contributed by atoms with Crippen molar-refractivity contribution in [3.63, 3.8) is 0 Å². The fraction of sp³-hybridized carbons (Fsp3) is 0.333. The molecule has 0 aliphatic carbocycles. The Morgan fingerprint density at radius 3 is 2.67 bits per heavy atom. The normalized spacial score (nSPS) is 10.9. The van der Waals surface area contributed by atoms with Crippen LogP contribution in [0.15, 0.2) is 24.5 Å². The quantitative estimate of drug-likeness (QED) is 0.774. The number of carbonyl (C=O) groups is 1. The molecule has 3 heteroatoms. The number of hydrogen-bond acceptors (Lipinski definition) is 2. The molecule has 94 valence electrons. The van der Waals surface area contributed by atoms with Crippen LogP contribution in [0.2, 0.25) is 0 Å². The molecule has 0 amide bonds.